The number of nitrogen functional groups attached to an aromatic ring is 1. The second-order valence-corrected chi connectivity index (χ2v) is 5.04. The first kappa shape index (κ1) is 13.5. The molecule has 1 aromatic carbocycles. The van der Waals surface area contributed by atoms with Crippen LogP contribution in [0.2, 0.25) is 0 Å². The molecule has 0 fully saturated rings. The molecular weight excluding hydrogens is 236 g/mol. The molecule has 1 heterocycles. The molecule has 102 valence electrons. The Balaban J connectivity index is 1.92. The van der Waals surface area contributed by atoms with E-state index in [9.17, 15) is 0 Å². The maximum atomic E-state index is 6.01. The van der Waals surface area contributed by atoms with Crippen LogP contribution in [0.4, 0.5) is 11.5 Å². The van der Waals surface area contributed by atoms with Crippen LogP contribution in [0.1, 0.15) is 24.6 Å². The molecule has 0 saturated carbocycles. The summed E-state index contributed by atoms with van der Waals surface area (Å²) in [6.45, 7) is 4.10. The van der Waals surface area contributed by atoms with E-state index in [1.807, 2.05) is 24.7 Å². The lowest BCUT2D eigenvalue weighted by molar-refractivity contribution is 0.682. The van der Waals surface area contributed by atoms with Crippen LogP contribution in [0.15, 0.2) is 30.3 Å². The highest BCUT2D eigenvalue weighted by atomic mass is 15.3. The Hall–Kier alpha value is -1.97. The van der Waals surface area contributed by atoms with Crippen molar-refractivity contribution < 1.29 is 0 Å². The zero-order chi connectivity index (χ0) is 13.8. The van der Waals surface area contributed by atoms with Gasteiger partial charge in [0.1, 0.15) is 5.82 Å². The minimum atomic E-state index is 0.359. The van der Waals surface area contributed by atoms with Gasteiger partial charge in [-0.25, -0.2) is 0 Å². The third kappa shape index (κ3) is 3.28. The van der Waals surface area contributed by atoms with Crippen molar-refractivity contribution in [1.82, 2.24) is 9.78 Å². The molecule has 0 aliphatic heterocycles. The molecule has 2 rings (SSSR count). The number of hydrogen-bond acceptors (Lipinski definition) is 3. The largest absolute Gasteiger partial charge is 0.394 e. The Morgan fingerprint density at radius 2 is 2.00 bits per heavy atom. The van der Waals surface area contributed by atoms with E-state index in [-0.39, 0.29) is 0 Å². The van der Waals surface area contributed by atoms with Gasteiger partial charge >= 0.3 is 0 Å². The molecule has 0 aliphatic rings. The van der Waals surface area contributed by atoms with Gasteiger partial charge in [-0.05, 0) is 32.3 Å². The smallest absolute Gasteiger partial charge is 0.147 e. The van der Waals surface area contributed by atoms with Crippen molar-refractivity contribution in [3.05, 3.63) is 41.6 Å². The molecule has 1 aromatic heterocycles. The van der Waals surface area contributed by atoms with E-state index in [1.165, 1.54) is 5.56 Å². The quantitative estimate of drug-likeness (QED) is 0.867. The molecule has 3 N–H and O–H groups in total. The Bertz CT molecular complexity index is 531. The van der Waals surface area contributed by atoms with Crippen LogP contribution in [0.25, 0.3) is 0 Å². The molecule has 0 saturated heterocycles. The highest BCUT2D eigenvalue weighted by Gasteiger charge is 2.12. The number of nitrogens with zero attached hydrogens (tertiary/aromatic N) is 2. The van der Waals surface area contributed by atoms with Crippen LogP contribution in [0.3, 0.4) is 0 Å². The fraction of sp³-hybridized carbons (Fsp3) is 0.400. The van der Waals surface area contributed by atoms with E-state index in [4.69, 9.17) is 5.73 Å². The fourth-order valence-corrected chi connectivity index (χ4v) is 2.18. The third-order valence-electron chi connectivity index (χ3n) is 3.36. The molecule has 0 radical (unpaired) electrons. The zero-order valence-electron chi connectivity index (χ0n) is 11.9. The molecule has 1 unspecified atom stereocenters. The average molecular weight is 258 g/mol. The predicted octanol–water partition coefficient (Wildman–Crippen LogP) is 2.74. The van der Waals surface area contributed by atoms with E-state index in [2.05, 4.69) is 41.6 Å². The van der Waals surface area contributed by atoms with Gasteiger partial charge < -0.3 is 11.1 Å². The van der Waals surface area contributed by atoms with E-state index in [1.54, 1.807) is 0 Å². The summed E-state index contributed by atoms with van der Waals surface area (Å²) < 4.78 is 1.81. The first-order chi connectivity index (χ1) is 9.08. The van der Waals surface area contributed by atoms with Gasteiger partial charge in [0.15, 0.2) is 0 Å². The van der Waals surface area contributed by atoms with Gasteiger partial charge in [-0.15, -0.1) is 0 Å². The van der Waals surface area contributed by atoms with Gasteiger partial charge in [0, 0.05) is 13.1 Å². The van der Waals surface area contributed by atoms with Crippen molar-refractivity contribution in [2.75, 3.05) is 11.1 Å². The summed E-state index contributed by atoms with van der Waals surface area (Å²) in [7, 11) is 1.91. The zero-order valence-corrected chi connectivity index (χ0v) is 11.9. The summed E-state index contributed by atoms with van der Waals surface area (Å²) in [6, 6.07) is 10.9. The summed E-state index contributed by atoms with van der Waals surface area (Å²) in [5, 5.41) is 7.76. The standard InChI is InChI=1S/C15H22N4/c1-11(9-10-13-7-5-4-6-8-13)17-15-14(16)12(2)18-19(15)3/h4-8,11,17H,9-10,16H2,1-3H3. The van der Waals surface area contributed by atoms with Crippen molar-refractivity contribution >= 4 is 11.5 Å². The van der Waals surface area contributed by atoms with Gasteiger partial charge in [0.25, 0.3) is 0 Å². The van der Waals surface area contributed by atoms with Gasteiger partial charge in [-0.1, -0.05) is 30.3 Å². The molecular formula is C15H22N4. The molecule has 0 amide bonds. The lowest BCUT2D eigenvalue weighted by Crippen LogP contribution is -2.19. The number of aryl methyl sites for hydroxylation is 3. The highest BCUT2D eigenvalue weighted by molar-refractivity contribution is 5.64. The fourth-order valence-electron chi connectivity index (χ4n) is 2.18. The summed E-state index contributed by atoms with van der Waals surface area (Å²) in [5.41, 5.74) is 9.00. The summed E-state index contributed by atoms with van der Waals surface area (Å²) >= 11 is 0. The lowest BCUT2D eigenvalue weighted by atomic mass is 10.1. The van der Waals surface area contributed by atoms with Crippen LogP contribution < -0.4 is 11.1 Å². The molecule has 0 aliphatic carbocycles. The number of nitrogens with one attached hydrogen (secondary N) is 1. The first-order valence-corrected chi connectivity index (χ1v) is 6.67. The van der Waals surface area contributed by atoms with E-state index < -0.39 is 0 Å². The number of anilines is 2. The maximum absolute atomic E-state index is 6.01. The highest BCUT2D eigenvalue weighted by Crippen LogP contribution is 2.22. The van der Waals surface area contributed by atoms with Crippen LogP contribution in [0.5, 0.6) is 0 Å². The second kappa shape index (κ2) is 5.78. The topological polar surface area (TPSA) is 55.9 Å². The monoisotopic (exact) mass is 258 g/mol. The van der Waals surface area contributed by atoms with Crippen molar-refractivity contribution in [3.8, 4) is 0 Å². The molecule has 2 aromatic rings. The van der Waals surface area contributed by atoms with E-state index in [0.29, 0.717) is 6.04 Å². The lowest BCUT2D eigenvalue weighted by Gasteiger charge is -2.15. The molecule has 19 heavy (non-hydrogen) atoms. The van der Waals surface area contributed by atoms with Gasteiger partial charge in [0.05, 0.1) is 11.4 Å². The summed E-state index contributed by atoms with van der Waals surface area (Å²) in [6.07, 6.45) is 2.12. The van der Waals surface area contributed by atoms with Crippen molar-refractivity contribution in [3.63, 3.8) is 0 Å². The third-order valence-corrected chi connectivity index (χ3v) is 3.36. The molecule has 0 bridgehead atoms. The van der Waals surface area contributed by atoms with E-state index in [0.717, 1.165) is 30.0 Å². The minimum Gasteiger partial charge on any atom is -0.394 e. The van der Waals surface area contributed by atoms with Gasteiger partial charge in [-0.2, -0.15) is 5.10 Å². The average Bonchev–Trinajstić information content (AvgIpc) is 2.64. The molecule has 4 heteroatoms. The molecule has 1 atom stereocenters. The summed E-state index contributed by atoms with van der Waals surface area (Å²) in [4.78, 5) is 0. The Kier molecular flexibility index (Phi) is 4.10. The van der Waals surface area contributed by atoms with Crippen molar-refractivity contribution in [2.24, 2.45) is 7.05 Å². The van der Waals surface area contributed by atoms with Gasteiger partial charge in [-0.3, -0.25) is 4.68 Å². The Morgan fingerprint density at radius 3 is 2.58 bits per heavy atom. The maximum Gasteiger partial charge on any atom is 0.147 e. The number of aromatic nitrogens is 2. The normalized spacial score (nSPS) is 12.4. The second-order valence-electron chi connectivity index (χ2n) is 5.04. The molecule has 0 spiro atoms. The first-order valence-electron chi connectivity index (χ1n) is 6.67. The van der Waals surface area contributed by atoms with Crippen LogP contribution in [0, 0.1) is 6.92 Å². The SMILES string of the molecule is Cc1nn(C)c(NC(C)CCc2ccccc2)c1N. The van der Waals surface area contributed by atoms with E-state index >= 15 is 0 Å². The van der Waals surface area contributed by atoms with Crippen LogP contribution in [-0.2, 0) is 13.5 Å². The van der Waals surface area contributed by atoms with Crippen LogP contribution >= 0.6 is 0 Å². The number of benzene rings is 1. The molecule has 4 nitrogen and oxygen atoms in total. The summed E-state index contributed by atoms with van der Waals surface area (Å²) in [5.74, 6) is 0.915. The number of rotatable bonds is 5. The number of hydrogen-bond donors (Lipinski definition) is 2. The Morgan fingerprint density at radius 1 is 1.32 bits per heavy atom. The predicted molar refractivity (Wildman–Crippen MR) is 80.2 cm³/mol. The Labute approximate surface area is 114 Å². The minimum absolute atomic E-state index is 0.359. The van der Waals surface area contributed by atoms with Gasteiger partial charge in [0.2, 0.25) is 0 Å². The van der Waals surface area contributed by atoms with Crippen molar-refractivity contribution in [1.29, 1.82) is 0 Å². The van der Waals surface area contributed by atoms with Crippen molar-refractivity contribution in [2.45, 2.75) is 32.7 Å². The van der Waals surface area contributed by atoms with Crippen LogP contribution in [-0.4, -0.2) is 15.8 Å². The number of nitrogens with two attached hydrogens (primary N) is 1.